The number of carbonyl (C=O) groups excluding carboxylic acids is 1. The van der Waals surface area contributed by atoms with Gasteiger partial charge < -0.3 is 5.32 Å². The van der Waals surface area contributed by atoms with Gasteiger partial charge in [-0.1, -0.05) is 6.42 Å². The van der Waals surface area contributed by atoms with E-state index in [4.69, 9.17) is 0 Å². The summed E-state index contributed by atoms with van der Waals surface area (Å²) in [5.74, 6) is 0.464. The lowest BCUT2D eigenvalue weighted by molar-refractivity contribution is -0.131. The van der Waals surface area contributed by atoms with Crippen LogP contribution in [0, 0.1) is 5.92 Å². The van der Waals surface area contributed by atoms with E-state index in [2.05, 4.69) is 15.8 Å². The van der Waals surface area contributed by atoms with E-state index in [1.165, 1.54) is 19.3 Å². The van der Waals surface area contributed by atoms with Gasteiger partial charge in [-0.25, -0.2) is 5.01 Å². The molecule has 1 amide bonds. The standard InChI is InChI=1S/C11H21N3O/c15-11(10-4-6-12-7-5-10)13-14-8-2-1-3-9-14/h10,12H,1-9H2,(H,13,15). The first-order valence-electron chi connectivity index (χ1n) is 6.12. The lowest BCUT2D eigenvalue weighted by Crippen LogP contribution is -2.48. The van der Waals surface area contributed by atoms with E-state index >= 15 is 0 Å². The van der Waals surface area contributed by atoms with Crippen LogP contribution in [-0.2, 0) is 4.79 Å². The third kappa shape index (κ3) is 3.18. The third-order valence-corrected chi connectivity index (χ3v) is 3.33. The van der Waals surface area contributed by atoms with Crippen molar-refractivity contribution in [1.82, 2.24) is 15.8 Å². The van der Waals surface area contributed by atoms with E-state index in [0.717, 1.165) is 39.0 Å². The quantitative estimate of drug-likeness (QED) is 0.699. The van der Waals surface area contributed by atoms with Gasteiger partial charge in [0.15, 0.2) is 0 Å². The Morgan fingerprint density at radius 3 is 2.47 bits per heavy atom. The molecule has 0 spiro atoms. The minimum absolute atomic E-state index is 0.230. The predicted molar refractivity (Wildman–Crippen MR) is 59.2 cm³/mol. The molecule has 2 aliphatic heterocycles. The number of carbonyl (C=O) groups is 1. The lowest BCUT2D eigenvalue weighted by Gasteiger charge is -2.30. The molecule has 0 aromatic carbocycles. The van der Waals surface area contributed by atoms with Crippen molar-refractivity contribution in [3.63, 3.8) is 0 Å². The Hall–Kier alpha value is -0.610. The van der Waals surface area contributed by atoms with Gasteiger partial charge >= 0.3 is 0 Å². The molecule has 0 atom stereocenters. The van der Waals surface area contributed by atoms with E-state index in [1.807, 2.05) is 0 Å². The Kier molecular flexibility index (Phi) is 3.97. The molecule has 2 aliphatic rings. The normalized spacial score (nSPS) is 25.1. The third-order valence-electron chi connectivity index (χ3n) is 3.33. The van der Waals surface area contributed by atoms with Gasteiger partial charge in [0.1, 0.15) is 0 Å². The molecule has 0 aliphatic carbocycles. The first-order valence-corrected chi connectivity index (χ1v) is 6.12. The van der Waals surface area contributed by atoms with Crippen LogP contribution in [0.15, 0.2) is 0 Å². The molecule has 2 heterocycles. The number of piperidine rings is 2. The molecule has 86 valence electrons. The van der Waals surface area contributed by atoms with Crippen LogP contribution in [0.4, 0.5) is 0 Å². The van der Waals surface area contributed by atoms with Gasteiger partial charge in [-0.15, -0.1) is 0 Å². The molecule has 2 fully saturated rings. The summed E-state index contributed by atoms with van der Waals surface area (Å²) in [7, 11) is 0. The van der Waals surface area contributed by atoms with Crippen molar-refractivity contribution in [1.29, 1.82) is 0 Å². The van der Waals surface area contributed by atoms with Crippen molar-refractivity contribution >= 4 is 5.91 Å². The van der Waals surface area contributed by atoms with E-state index < -0.39 is 0 Å². The Balaban J connectivity index is 1.74. The highest BCUT2D eigenvalue weighted by molar-refractivity contribution is 5.78. The molecule has 2 rings (SSSR count). The lowest BCUT2D eigenvalue weighted by atomic mass is 9.97. The monoisotopic (exact) mass is 211 g/mol. The minimum Gasteiger partial charge on any atom is -0.317 e. The molecule has 15 heavy (non-hydrogen) atoms. The first kappa shape index (κ1) is 10.9. The SMILES string of the molecule is O=C(NN1CCCCC1)C1CCNCC1. The van der Waals surface area contributed by atoms with Crippen molar-refractivity contribution in [3.8, 4) is 0 Å². The average Bonchev–Trinajstić information content (AvgIpc) is 2.31. The number of hydrogen-bond donors (Lipinski definition) is 2. The largest absolute Gasteiger partial charge is 0.317 e. The summed E-state index contributed by atoms with van der Waals surface area (Å²) in [5, 5.41) is 5.37. The van der Waals surface area contributed by atoms with Crippen molar-refractivity contribution in [2.24, 2.45) is 5.92 Å². The topological polar surface area (TPSA) is 44.4 Å². The molecule has 0 radical (unpaired) electrons. The molecule has 0 saturated carbocycles. The maximum atomic E-state index is 11.9. The van der Waals surface area contributed by atoms with Crippen LogP contribution in [0.5, 0.6) is 0 Å². The van der Waals surface area contributed by atoms with Gasteiger partial charge in [0.05, 0.1) is 0 Å². The highest BCUT2D eigenvalue weighted by atomic mass is 16.2. The van der Waals surface area contributed by atoms with Crippen LogP contribution in [0.1, 0.15) is 32.1 Å². The van der Waals surface area contributed by atoms with Crippen LogP contribution in [0.3, 0.4) is 0 Å². The summed E-state index contributed by atoms with van der Waals surface area (Å²) in [6.07, 6.45) is 5.71. The van der Waals surface area contributed by atoms with Crippen LogP contribution < -0.4 is 10.7 Å². The Morgan fingerprint density at radius 1 is 1.13 bits per heavy atom. The van der Waals surface area contributed by atoms with Gasteiger partial charge in [0.2, 0.25) is 5.91 Å². The molecule has 0 unspecified atom stereocenters. The second kappa shape index (κ2) is 5.47. The fraction of sp³-hybridized carbons (Fsp3) is 0.909. The number of nitrogens with zero attached hydrogens (tertiary/aromatic N) is 1. The molecule has 2 saturated heterocycles. The van der Waals surface area contributed by atoms with Crippen molar-refractivity contribution in [3.05, 3.63) is 0 Å². The summed E-state index contributed by atoms with van der Waals surface area (Å²) >= 11 is 0. The highest BCUT2D eigenvalue weighted by Crippen LogP contribution is 2.13. The fourth-order valence-electron chi connectivity index (χ4n) is 2.34. The molecule has 4 nitrogen and oxygen atoms in total. The minimum atomic E-state index is 0.230. The Bertz CT molecular complexity index is 208. The fourth-order valence-corrected chi connectivity index (χ4v) is 2.34. The highest BCUT2D eigenvalue weighted by Gasteiger charge is 2.22. The van der Waals surface area contributed by atoms with Crippen molar-refractivity contribution in [2.75, 3.05) is 26.2 Å². The summed E-state index contributed by atoms with van der Waals surface area (Å²) < 4.78 is 0. The molecular formula is C11H21N3O. The number of hydrogen-bond acceptors (Lipinski definition) is 3. The van der Waals surface area contributed by atoms with E-state index in [9.17, 15) is 4.79 Å². The number of nitrogens with one attached hydrogen (secondary N) is 2. The smallest absolute Gasteiger partial charge is 0.237 e. The Labute approximate surface area is 91.4 Å². The van der Waals surface area contributed by atoms with Crippen LogP contribution >= 0.6 is 0 Å². The first-order chi connectivity index (χ1) is 7.36. The molecule has 0 bridgehead atoms. The summed E-state index contributed by atoms with van der Waals surface area (Å²) in [6, 6.07) is 0. The molecule has 0 aromatic rings. The zero-order valence-electron chi connectivity index (χ0n) is 9.30. The van der Waals surface area contributed by atoms with Gasteiger partial charge in [-0.05, 0) is 38.8 Å². The van der Waals surface area contributed by atoms with Gasteiger partial charge in [-0.3, -0.25) is 10.2 Å². The maximum absolute atomic E-state index is 11.9. The van der Waals surface area contributed by atoms with Crippen LogP contribution in [0.25, 0.3) is 0 Å². The maximum Gasteiger partial charge on any atom is 0.237 e. The number of amides is 1. The molecule has 4 heteroatoms. The second-order valence-corrected chi connectivity index (χ2v) is 4.55. The number of rotatable bonds is 2. The van der Waals surface area contributed by atoms with Gasteiger partial charge in [0.25, 0.3) is 0 Å². The molecule has 2 N–H and O–H groups in total. The molecular weight excluding hydrogens is 190 g/mol. The average molecular weight is 211 g/mol. The van der Waals surface area contributed by atoms with Crippen molar-refractivity contribution in [2.45, 2.75) is 32.1 Å². The van der Waals surface area contributed by atoms with Crippen LogP contribution in [-0.4, -0.2) is 37.1 Å². The van der Waals surface area contributed by atoms with Crippen molar-refractivity contribution < 1.29 is 4.79 Å². The molecule has 0 aromatic heterocycles. The Morgan fingerprint density at radius 2 is 1.80 bits per heavy atom. The zero-order chi connectivity index (χ0) is 10.5. The van der Waals surface area contributed by atoms with Gasteiger partial charge in [0, 0.05) is 19.0 Å². The number of hydrazine groups is 1. The van der Waals surface area contributed by atoms with E-state index in [1.54, 1.807) is 0 Å². The van der Waals surface area contributed by atoms with Gasteiger partial charge in [-0.2, -0.15) is 0 Å². The predicted octanol–water partition coefficient (Wildman–Crippen LogP) is 0.503. The summed E-state index contributed by atoms with van der Waals surface area (Å²) in [6.45, 7) is 4.02. The second-order valence-electron chi connectivity index (χ2n) is 4.55. The van der Waals surface area contributed by atoms with E-state index in [0.29, 0.717) is 0 Å². The summed E-state index contributed by atoms with van der Waals surface area (Å²) in [4.78, 5) is 11.9. The summed E-state index contributed by atoms with van der Waals surface area (Å²) in [5.41, 5.74) is 3.06. The zero-order valence-corrected chi connectivity index (χ0v) is 9.30. The van der Waals surface area contributed by atoms with E-state index in [-0.39, 0.29) is 11.8 Å². The van der Waals surface area contributed by atoms with Crippen LogP contribution in [0.2, 0.25) is 0 Å².